The van der Waals surface area contributed by atoms with Crippen LogP contribution in [0.1, 0.15) is 32.9 Å². The lowest BCUT2D eigenvalue weighted by atomic mass is 10.1. The molecule has 0 fully saturated rings. The maximum atomic E-state index is 13.1. The number of methoxy groups -OCH3 is 1. The number of carbonyl (C=O) groups excluding carboxylic acids is 1. The van der Waals surface area contributed by atoms with Gasteiger partial charge in [0.1, 0.15) is 18.1 Å². The number of rotatable bonds is 12. The Balaban J connectivity index is 1.30. The molecule has 16 nitrogen and oxygen atoms in total. The smallest absolute Gasteiger partial charge is 0.293 e. The van der Waals surface area contributed by atoms with Crippen LogP contribution < -0.4 is 25.9 Å². The Kier molecular flexibility index (Phi) is 8.70. The van der Waals surface area contributed by atoms with Crippen LogP contribution in [-0.4, -0.2) is 49.5 Å². The van der Waals surface area contributed by atoms with Gasteiger partial charge in [0, 0.05) is 22.9 Å². The Bertz CT molecular complexity index is 1820. The number of hydrazone groups is 1. The number of nitrogen functional groups attached to an aromatic ring is 1. The number of nitrogens with one attached hydrogen (secondary N) is 2. The summed E-state index contributed by atoms with van der Waals surface area (Å²) in [5.41, 5.74) is 11.3. The quantitative estimate of drug-likeness (QED) is 0.107. The minimum absolute atomic E-state index is 0.0107. The number of nitro groups is 1. The number of nitrogens with two attached hydrogens (primary N) is 1. The topological polar surface area (TPSA) is 211 Å². The lowest BCUT2D eigenvalue weighted by Crippen LogP contribution is -2.21. The molecule has 2 aromatic heterocycles. The molecule has 0 aliphatic heterocycles. The average Bonchev–Trinajstić information content (AvgIpc) is 3.64. The zero-order chi connectivity index (χ0) is 31.1. The minimum atomic E-state index is -0.627. The Morgan fingerprint density at radius 2 is 1.98 bits per heavy atom. The number of ether oxygens (including phenoxy) is 2. The molecule has 5 aromatic rings. The zero-order valence-electron chi connectivity index (χ0n) is 23.5. The second-order valence-electron chi connectivity index (χ2n) is 9.25. The van der Waals surface area contributed by atoms with E-state index in [2.05, 4.69) is 41.1 Å². The van der Waals surface area contributed by atoms with Crippen LogP contribution in [0.25, 0.3) is 5.82 Å². The van der Waals surface area contributed by atoms with E-state index in [9.17, 15) is 14.9 Å². The average molecular weight is 599 g/mol. The molecular formula is C28H26N10O6. The van der Waals surface area contributed by atoms with Crippen LogP contribution in [0.2, 0.25) is 0 Å². The molecular weight excluding hydrogens is 572 g/mol. The Hall–Kier alpha value is -6.32. The summed E-state index contributed by atoms with van der Waals surface area (Å²) in [6, 6.07) is 19.1. The summed E-state index contributed by atoms with van der Waals surface area (Å²) in [6.07, 6.45) is 1.45. The molecule has 0 aliphatic carbocycles. The van der Waals surface area contributed by atoms with Crippen molar-refractivity contribution in [1.29, 1.82) is 0 Å². The van der Waals surface area contributed by atoms with Gasteiger partial charge in [-0.15, -0.1) is 5.10 Å². The lowest BCUT2D eigenvalue weighted by Gasteiger charge is -2.11. The summed E-state index contributed by atoms with van der Waals surface area (Å²) in [7, 11) is 1.53. The number of hydrogen-bond acceptors (Lipinski definition) is 13. The van der Waals surface area contributed by atoms with Gasteiger partial charge in [-0.25, -0.2) is 10.1 Å². The summed E-state index contributed by atoms with van der Waals surface area (Å²) in [6.45, 7) is 1.91. The van der Waals surface area contributed by atoms with E-state index in [0.29, 0.717) is 33.9 Å². The third-order valence-corrected chi connectivity index (χ3v) is 6.35. The molecule has 16 heteroatoms. The first-order valence-corrected chi connectivity index (χ1v) is 13.0. The Morgan fingerprint density at radius 1 is 1.16 bits per heavy atom. The number of aromatic nitrogens is 5. The summed E-state index contributed by atoms with van der Waals surface area (Å²) >= 11 is 0. The van der Waals surface area contributed by atoms with Crippen molar-refractivity contribution in [2.75, 3.05) is 18.2 Å². The number of amides is 1. The first-order valence-electron chi connectivity index (χ1n) is 13.0. The number of anilines is 2. The van der Waals surface area contributed by atoms with Crippen LogP contribution in [0.4, 0.5) is 17.2 Å². The van der Waals surface area contributed by atoms with E-state index in [4.69, 9.17) is 15.2 Å². The predicted molar refractivity (Wildman–Crippen MR) is 158 cm³/mol. The van der Waals surface area contributed by atoms with Crippen LogP contribution in [0, 0.1) is 17.0 Å². The van der Waals surface area contributed by atoms with Crippen molar-refractivity contribution in [1.82, 2.24) is 30.7 Å². The highest BCUT2D eigenvalue weighted by Gasteiger charge is 2.24. The number of nitrogens with zero attached hydrogens (tertiary/aromatic N) is 7. The maximum Gasteiger partial charge on any atom is 0.293 e. The molecule has 0 unspecified atom stereocenters. The molecule has 44 heavy (non-hydrogen) atoms. The Labute approximate surface area is 249 Å². The monoisotopic (exact) mass is 598 g/mol. The van der Waals surface area contributed by atoms with Gasteiger partial charge in [-0.05, 0) is 65.3 Å². The third kappa shape index (κ3) is 6.59. The van der Waals surface area contributed by atoms with Crippen molar-refractivity contribution in [3.63, 3.8) is 0 Å². The standard InChI is InChI=1S/C28H26N10O6/c1-17-12-21(9-10-22(17)38(40)41)43-16-19-13-18(8-11-24(19)42-2)14-31-33-28(39)25-23(15-30-20-6-4-3-5-7-20)37(36-32-25)27-26(29)34-44-35-27/h3-14,30H,15-16H2,1-2H3,(H2,29,34)(H,33,39)/b31-14-. The SMILES string of the molecule is COc1ccc(/C=N\NC(=O)c2nnn(-c3nonc3N)c2CNc2ccccc2)cc1COc1ccc([N+](=O)[O-])c(C)c1. The summed E-state index contributed by atoms with van der Waals surface area (Å²) in [5.74, 6) is 0.470. The highest BCUT2D eigenvalue weighted by molar-refractivity contribution is 5.94. The van der Waals surface area contributed by atoms with Crippen LogP contribution in [0.15, 0.2) is 76.5 Å². The van der Waals surface area contributed by atoms with Crippen molar-refractivity contribution in [3.8, 4) is 17.3 Å². The summed E-state index contributed by atoms with van der Waals surface area (Å²) in [4.78, 5) is 23.8. The van der Waals surface area contributed by atoms with Gasteiger partial charge in [-0.3, -0.25) is 14.9 Å². The number of aryl methyl sites for hydroxylation is 1. The van der Waals surface area contributed by atoms with E-state index in [1.54, 1.807) is 31.2 Å². The molecule has 0 radical (unpaired) electrons. The van der Waals surface area contributed by atoms with Gasteiger partial charge in [0.05, 0.1) is 30.5 Å². The largest absolute Gasteiger partial charge is 0.496 e. The van der Waals surface area contributed by atoms with E-state index in [-0.39, 0.29) is 36.2 Å². The number of nitro benzene ring substituents is 1. The van der Waals surface area contributed by atoms with E-state index in [1.165, 1.54) is 30.1 Å². The van der Waals surface area contributed by atoms with Crippen LogP contribution in [0.5, 0.6) is 11.5 Å². The number of benzene rings is 3. The van der Waals surface area contributed by atoms with Crippen molar-refractivity contribution >= 4 is 29.3 Å². The highest BCUT2D eigenvalue weighted by atomic mass is 16.6. The van der Waals surface area contributed by atoms with Crippen molar-refractivity contribution < 1.29 is 23.8 Å². The van der Waals surface area contributed by atoms with E-state index in [1.807, 2.05) is 30.3 Å². The molecule has 5 rings (SSSR count). The van der Waals surface area contributed by atoms with Gasteiger partial charge >= 0.3 is 0 Å². The molecule has 3 aromatic carbocycles. The van der Waals surface area contributed by atoms with Gasteiger partial charge < -0.3 is 20.5 Å². The van der Waals surface area contributed by atoms with E-state index in [0.717, 1.165) is 5.69 Å². The maximum absolute atomic E-state index is 13.1. The van der Waals surface area contributed by atoms with E-state index < -0.39 is 10.8 Å². The third-order valence-electron chi connectivity index (χ3n) is 6.35. The second kappa shape index (κ2) is 13.1. The fraction of sp³-hybridized carbons (Fsp3) is 0.143. The fourth-order valence-electron chi connectivity index (χ4n) is 4.18. The van der Waals surface area contributed by atoms with Crippen LogP contribution >= 0.6 is 0 Å². The molecule has 224 valence electrons. The van der Waals surface area contributed by atoms with Crippen LogP contribution in [0.3, 0.4) is 0 Å². The van der Waals surface area contributed by atoms with Gasteiger partial charge in [0.25, 0.3) is 11.6 Å². The van der Waals surface area contributed by atoms with Gasteiger partial charge in [0.15, 0.2) is 5.69 Å². The lowest BCUT2D eigenvalue weighted by molar-refractivity contribution is -0.385. The molecule has 0 atom stereocenters. The second-order valence-corrected chi connectivity index (χ2v) is 9.25. The van der Waals surface area contributed by atoms with Crippen molar-refractivity contribution in [2.24, 2.45) is 5.10 Å². The highest BCUT2D eigenvalue weighted by Crippen LogP contribution is 2.26. The van der Waals surface area contributed by atoms with E-state index >= 15 is 0 Å². The fourth-order valence-corrected chi connectivity index (χ4v) is 4.18. The molecule has 0 bridgehead atoms. The molecule has 0 saturated heterocycles. The predicted octanol–water partition coefficient (Wildman–Crippen LogP) is 3.41. The summed E-state index contributed by atoms with van der Waals surface area (Å²) < 4.78 is 17.2. The van der Waals surface area contributed by atoms with Gasteiger partial charge in [-0.1, -0.05) is 23.4 Å². The molecule has 1 amide bonds. The molecule has 0 spiro atoms. The first-order chi connectivity index (χ1) is 21.3. The Morgan fingerprint density at radius 3 is 2.68 bits per heavy atom. The van der Waals surface area contributed by atoms with Crippen molar-refractivity contribution in [2.45, 2.75) is 20.1 Å². The number of para-hydroxylation sites is 1. The number of carbonyl (C=O) groups is 1. The summed E-state index contributed by atoms with van der Waals surface area (Å²) in [5, 5.41) is 33.7. The van der Waals surface area contributed by atoms with Gasteiger partial charge in [0.2, 0.25) is 11.6 Å². The van der Waals surface area contributed by atoms with Crippen LogP contribution in [-0.2, 0) is 13.2 Å². The zero-order valence-corrected chi connectivity index (χ0v) is 23.5. The first kappa shape index (κ1) is 29.2. The molecule has 2 heterocycles. The number of hydrogen-bond donors (Lipinski definition) is 3. The molecule has 0 aliphatic rings. The normalized spacial score (nSPS) is 11.0. The van der Waals surface area contributed by atoms with Gasteiger partial charge in [-0.2, -0.15) is 9.78 Å². The molecule has 0 saturated carbocycles. The minimum Gasteiger partial charge on any atom is -0.496 e. The molecule has 4 N–H and O–H groups in total. The van der Waals surface area contributed by atoms with Crippen molar-refractivity contribution in [3.05, 3.63) is 105 Å².